The van der Waals surface area contributed by atoms with E-state index in [4.69, 9.17) is 30.3 Å². The monoisotopic (exact) mass is 304 g/mol. The maximum Gasteiger partial charge on any atom is 0.115 e. The highest BCUT2D eigenvalue weighted by Gasteiger charge is 2.00. The molecule has 1 aromatic rings. The van der Waals surface area contributed by atoms with E-state index in [1.165, 1.54) is 6.92 Å². The van der Waals surface area contributed by atoms with Gasteiger partial charge in [-0.05, 0) is 32.9 Å². The Morgan fingerprint density at radius 3 is 1.62 bits per heavy atom. The van der Waals surface area contributed by atoms with E-state index in [2.05, 4.69) is 0 Å². The standard InChI is InChI=1S/C6H14O3.C6H6O.C3H8O2/c1-5(8)4-9-6(2)3-7;7-6-4-2-1-3-5-6;1-3(5)2-4/h5-8H,3-4H2,1-2H3;1-5,7H;3-5H,2H2,1H3. The molecular weight excluding hydrogens is 276 g/mol. The maximum absolute atomic E-state index is 8.69. The molecule has 0 bridgehead atoms. The first kappa shape index (κ1) is 22.1. The number of phenolic OH excluding ortho intramolecular Hbond substituents is 1. The Labute approximate surface area is 126 Å². The second kappa shape index (κ2) is 15.2. The molecule has 1 rings (SSSR count). The summed E-state index contributed by atoms with van der Waals surface area (Å²) in [5, 5.41) is 41.8. The molecule has 1 aromatic carbocycles. The van der Waals surface area contributed by atoms with E-state index in [0.717, 1.165) is 0 Å². The fraction of sp³-hybridized carbons (Fsp3) is 0.600. The number of aromatic hydroxyl groups is 1. The van der Waals surface area contributed by atoms with Crippen LogP contribution in [0.1, 0.15) is 20.8 Å². The smallest absolute Gasteiger partial charge is 0.115 e. The summed E-state index contributed by atoms with van der Waals surface area (Å²) in [6.45, 7) is 5.08. The topological polar surface area (TPSA) is 110 Å². The number of aliphatic hydroxyl groups is 4. The van der Waals surface area contributed by atoms with Crippen LogP contribution in [0.25, 0.3) is 0 Å². The first-order valence-electron chi connectivity index (χ1n) is 6.76. The molecule has 0 aliphatic heterocycles. The Morgan fingerprint density at radius 1 is 0.905 bits per heavy atom. The lowest BCUT2D eigenvalue weighted by Gasteiger charge is -2.10. The van der Waals surface area contributed by atoms with Crippen molar-refractivity contribution in [1.29, 1.82) is 0 Å². The molecule has 0 spiro atoms. The number of benzene rings is 1. The second-order valence-electron chi connectivity index (χ2n) is 4.54. The quantitative estimate of drug-likeness (QED) is 0.542. The van der Waals surface area contributed by atoms with Crippen LogP contribution in [-0.4, -0.2) is 63.7 Å². The highest BCUT2D eigenvalue weighted by atomic mass is 16.5. The summed E-state index contributed by atoms with van der Waals surface area (Å²) in [7, 11) is 0. The molecule has 0 fully saturated rings. The van der Waals surface area contributed by atoms with Crippen molar-refractivity contribution in [3.8, 4) is 5.75 Å². The minimum atomic E-state index is -0.560. The number of hydrogen-bond donors (Lipinski definition) is 5. The third-order valence-electron chi connectivity index (χ3n) is 1.90. The zero-order valence-corrected chi connectivity index (χ0v) is 12.9. The van der Waals surface area contributed by atoms with E-state index in [9.17, 15) is 0 Å². The van der Waals surface area contributed by atoms with Crippen molar-refractivity contribution in [2.75, 3.05) is 19.8 Å². The van der Waals surface area contributed by atoms with Gasteiger partial charge in [0, 0.05) is 0 Å². The average molecular weight is 304 g/mol. The average Bonchev–Trinajstić information content (AvgIpc) is 2.46. The first-order chi connectivity index (χ1) is 9.83. The zero-order valence-electron chi connectivity index (χ0n) is 12.9. The van der Waals surface area contributed by atoms with Crippen molar-refractivity contribution in [2.45, 2.75) is 39.1 Å². The number of hydrogen-bond acceptors (Lipinski definition) is 6. The number of phenols is 1. The van der Waals surface area contributed by atoms with E-state index in [1.807, 2.05) is 6.07 Å². The van der Waals surface area contributed by atoms with Gasteiger partial charge < -0.3 is 30.3 Å². The lowest BCUT2D eigenvalue weighted by atomic mass is 10.3. The first-order valence-corrected chi connectivity index (χ1v) is 6.76. The minimum absolute atomic E-state index is 0.00667. The van der Waals surface area contributed by atoms with Gasteiger partial charge in [0.15, 0.2) is 0 Å². The lowest BCUT2D eigenvalue weighted by molar-refractivity contribution is -0.0177. The molecule has 0 heterocycles. The van der Waals surface area contributed by atoms with Gasteiger partial charge in [-0.3, -0.25) is 0 Å². The molecule has 0 amide bonds. The van der Waals surface area contributed by atoms with Crippen molar-refractivity contribution in [2.24, 2.45) is 0 Å². The van der Waals surface area contributed by atoms with Gasteiger partial charge in [-0.1, -0.05) is 18.2 Å². The van der Waals surface area contributed by atoms with Crippen LogP contribution < -0.4 is 0 Å². The van der Waals surface area contributed by atoms with Gasteiger partial charge in [-0.25, -0.2) is 0 Å². The molecule has 0 saturated heterocycles. The number of aliphatic hydroxyl groups excluding tert-OH is 4. The summed E-state index contributed by atoms with van der Waals surface area (Å²) < 4.78 is 4.95. The van der Waals surface area contributed by atoms with E-state index in [1.54, 1.807) is 38.1 Å². The molecule has 0 aliphatic rings. The van der Waals surface area contributed by atoms with Crippen molar-refractivity contribution in [3.63, 3.8) is 0 Å². The summed E-state index contributed by atoms with van der Waals surface area (Å²) in [4.78, 5) is 0. The third-order valence-corrected chi connectivity index (χ3v) is 1.90. The Morgan fingerprint density at radius 2 is 1.38 bits per heavy atom. The molecule has 124 valence electrons. The predicted molar refractivity (Wildman–Crippen MR) is 81.1 cm³/mol. The number of rotatable bonds is 5. The van der Waals surface area contributed by atoms with E-state index in [0.29, 0.717) is 12.4 Å². The molecule has 0 radical (unpaired) electrons. The molecule has 21 heavy (non-hydrogen) atoms. The molecule has 3 unspecified atom stereocenters. The fourth-order valence-corrected chi connectivity index (χ4v) is 0.784. The SMILES string of the molecule is CC(O)CO.CC(O)COC(C)CO.Oc1ccccc1. The second-order valence-corrected chi connectivity index (χ2v) is 4.54. The van der Waals surface area contributed by atoms with Crippen LogP contribution in [0.3, 0.4) is 0 Å². The molecular formula is C15H28O6. The van der Waals surface area contributed by atoms with Gasteiger partial charge in [-0.2, -0.15) is 0 Å². The van der Waals surface area contributed by atoms with Gasteiger partial charge in [0.2, 0.25) is 0 Å². The summed E-state index contributed by atoms with van der Waals surface area (Å²) in [6, 6.07) is 8.71. The van der Waals surface area contributed by atoms with Gasteiger partial charge in [0.25, 0.3) is 0 Å². The molecule has 0 saturated carbocycles. The van der Waals surface area contributed by atoms with E-state index in [-0.39, 0.29) is 19.3 Å². The molecule has 3 atom stereocenters. The van der Waals surface area contributed by atoms with Crippen LogP contribution in [0.5, 0.6) is 5.75 Å². The normalized spacial score (nSPS) is 13.9. The Bertz CT molecular complexity index is 302. The Balaban J connectivity index is 0. The zero-order chi connectivity index (χ0) is 16.7. The van der Waals surface area contributed by atoms with Gasteiger partial charge in [-0.15, -0.1) is 0 Å². The number of ether oxygens (including phenoxy) is 1. The molecule has 6 heteroatoms. The Kier molecular flexibility index (Phi) is 16.0. The molecule has 0 aliphatic carbocycles. The lowest BCUT2D eigenvalue weighted by Crippen LogP contribution is -2.19. The van der Waals surface area contributed by atoms with Crippen molar-refractivity contribution >= 4 is 0 Å². The Hall–Kier alpha value is -1.18. The fourth-order valence-electron chi connectivity index (χ4n) is 0.784. The van der Waals surface area contributed by atoms with Crippen LogP contribution in [0.4, 0.5) is 0 Å². The predicted octanol–water partition coefficient (Wildman–Crippen LogP) is 0.516. The molecule has 5 N–H and O–H groups in total. The highest BCUT2D eigenvalue weighted by molar-refractivity contribution is 5.18. The number of para-hydroxylation sites is 1. The molecule has 0 aromatic heterocycles. The maximum atomic E-state index is 8.69. The largest absolute Gasteiger partial charge is 0.508 e. The van der Waals surface area contributed by atoms with Crippen LogP contribution in [-0.2, 0) is 4.74 Å². The minimum Gasteiger partial charge on any atom is -0.508 e. The third kappa shape index (κ3) is 21.3. The van der Waals surface area contributed by atoms with Crippen LogP contribution in [0, 0.1) is 0 Å². The van der Waals surface area contributed by atoms with E-state index >= 15 is 0 Å². The summed E-state index contributed by atoms with van der Waals surface area (Å²) in [5.74, 6) is 0.322. The summed E-state index contributed by atoms with van der Waals surface area (Å²) in [5.41, 5.74) is 0. The van der Waals surface area contributed by atoms with E-state index < -0.39 is 12.2 Å². The van der Waals surface area contributed by atoms with Crippen LogP contribution in [0.2, 0.25) is 0 Å². The van der Waals surface area contributed by atoms with Crippen LogP contribution in [0.15, 0.2) is 30.3 Å². The van der Waals surface area contributed by atoms with Gasteiger partial charge in [0.1, 0.15) is 5.75 Å². The highest BCUT2D eigenvalue weighted by Crippen LogP contribution is 2.02. The van der Waals surface area contributed by atoms with Crippen LogP contribution >= 0.6 is 0 Å². The summed E-state index contributed by atoms with van der Waals surface area (Å²) >= 11 is 0. The van der Waals surface area contributed by atoms with Gasteiger partial charge in [0.05, 0.1) is 38.1 Å². The van der Waals surface area contributed by atoms with Crippen molar-refractivity contribution < 1.29 is 30.3 Å². The summed E-state index contributed by atoms with van der Waals surface area (Å²) in [6.07, 6.45) is -1.17. The van der Waals surface area contributed by atoms with Gasteiger partial charge >= 0.3 is 0 Å². The van der Waals surface area contributed by atoms with Crippen molar-refractivity contribution in [1.82, 2.24) is 0 Å². The van der Waals surface area contributed by atoms with Crippen molar-refractivity contribution in [3.05, 3.63) is 30.3 Å². The molecule has 6 nitrogen and oxygen atoms in total.